The van der Waals surface area contributed by atoms with Crippen molar-refractivity contribution in [3.8, 4) is 11.9 Å². The number of para-hydroxylation sites is 1. The van der Waals surface area contributed by atoms with Gasteiger partial charge >= 0.3 is 5.97 Å². The summed E-state index contributed by atoms with van der Waals surface area (Å²) in [5.41, 5.74) is 6.24. The summed E-state index contributed by atoms with van der Waals surface area (Å²) in [5, 5.41) is 26.3. The SMILES string of the molecule is CC(C)c1[nH]nc2c1[C@@]1(C(=O)N(CC(=O)O)c3ccccc31)C(C#N)=C(N)O2. The van der Waals surface area contributed by atoms with E-state index < -0.39 is 23.8 Å². The Balaban J connectivity index is 2.13. The van der Waals surface area contributed by atoms with Gasteiger partial charge in [-0.15, -0.1) is 5.10 Å². The highest BCUT2D eigenvalue weighted by Gasteiger charge is 2.61. The first-order valence-corrected chi connectivity index (χ1v) is 8.64. The van der Waals surface area contributed by atoms with Crippen molar-refractivity contribution in [3.63, 3.8) is 0 Å². The van der Waals surface area contributed by atoms with Crippen molar-refractivity contribution < 1.29 is 19.4 Å². The van der Waals surface area contributed by atoms with Crippen LogP contribution in [0, 0.1) is 11.3 Å². The van der Waals surface area contributed by atoms with Crippen LogP contribution < -0.4 is 15.4 Å². The molecule has 0 saturated carbocycles. The summed E-state index contributed by atoms with van der Waals surface area (Å²) in [6.45, 7) is 3.28. The average molecular weight is 379 g/mol. The largest absolute Gasteiger partial charge is 0.480 e. The Morgan fingerprint density at radius 3 is 2.82 bits per heavy atom. The molecule has 4 N–H and O–H groups in total. The van der Waals surface area contributed by atoms with Crippen LogP contribution in [0.2, 0.25) is 0 Å². The molecule has 28 heavy (non-hydrogen) atoms. The third-order valence-electron chi connectivity index (χ3n) is 5.11. The lowest BCUT2D eigenvalue weighted by molar-refractivity contribution is -0.136. The molecule has 0 unspecified atom stereocenters. The molecular formula is C19H17N5O4. The Hall–Kier alpha value is -3.80. The van der Waals surface area contributed by atoms with E-state index in [1.54, 1.807) is 24.3 Å². The summed E-state index contributed by atoms with van der Waals surface area (Å²) < 4.78 is 5.54. The molecule has 0 radical (unpaired) electrons. The number of aliphatic carboxylic acids is 1. The number of anilines is 1. The second-order valence-electron chi connectivity index (χ2n) is 6.98. The summed E-state index contributed by atoms with van der Waals surface area (Å²) >= 11 is 0. The van der Waals surface area contributed by atoms with Crippen LogP contribution in [0.1, 0.15) is 36.6 Å². The van der Waals surface area contributed by atoms with E-state index in [0.29, 0.717) is 22.5 Å². The summed E-state index contributed by atoms with van der Waals surface area (Å²) in [6, 6.07) is 8.81. The molecule has 2 aliphatic heterocycles. The standard InChI is InChI=1S/C19H17N5O4/c1-9(2)15-14-17(23-22-15)28-16(21)11(7-20)19(14)10-5-3-4-6-12(10)24(18(19)27)8-13(25)26/h3-6,9H,8,21H2,1-2H3,(H,22,23)(H,25,26)/t19-/m0/s1. The van der Waals surface area contributed by atoms with E-state index in [0.717, 1.165) is 4.90 Å². The molecule has 0 aliphatic carbocycles. The van der Waals surface area contributed by atoms with Gasteiger partial charge in [-0.3, -0.25) is 19.6 Å². The number of carbonyl (C=O) groups is 2. The van der Waals surface area contributed by atoms with Gasteiger partial charge in [0.1, 0.15) is 23.6 Å². The molecule has 0 bridgehead atoms. The fourth-order valence-electron chi connectivity index (χ4n) is 4.02. The van der Waals surface area contributed by atoms with Gasteiger partial charge in [-0.2, -0.15) is 5.26 Å². The monoisotopic (exact) mass is 379 g/mol. The fraction of sp³-hybridized carbons (Fsp3) is 0.263. The number of nitrogens with two attached hydrogens (primary N) is 1. The lowest BCUT2D eigenvalue weighted by Gasteiger charge is -2.33. The molecule has 9 heteroatoms. The Bertz CT molecular complexity index is 1090. The van der Waals surface area contributed by atoms with Crippen LogP contribution in [-0.4, -0.2) is 33.7 Å². The minimum Gasteiger partial charge on any atom is -0.480 e. The molecule has 0 fully saturated rings. The molecule has 1 spiro atoms. The maximum atomic E-state index is 13.7. The number of hydrogen-bond acceptors (Lipinski definition) is 6. The van der Waals surface area contributed by atoms with Crippen molar-refractivity contribution in [1.82, 2.24) is 10.2 Å². The molecule has 0 saturated heterocycles. The molecule has 9 nitrogen and oxygen atoms in total. The van der Waals surface area contributed by atoms with Crippen molar-refractivity contribution in [1.29, 1.82) is 5.26 Å². The normalized spacial score (nSPS) is 20.2. The zero-order chi connectivity index (χ0) is 20.2. The van der Waals surface area contributed by atoms with E-state index in [1.807, 2.05) is 19.9 Å². The van der Waals surface area contributed by atoms with Gasteiger partial charge in [-0.25, -0.2) is 0 Å². The minimum atomic E-state index is -1.61. The van der Waals surface area contributed by atoms with Gasteiger partial charge in [0.2, 0.25) is 17.7 Å². The minimum absolute atomic E-state index is 0.0653. The molecule has 2 aromatic rings. The van der Waals surface area contributed by atoms with Crippen LogP contribution in [0.4, 0.5) is 5.69 Å². The van der Waals surface area contributed by atoms with Gasteiger partial charge in [-0.05, 0) is 12.0 Å². The van der Waals surface area contributed by atoms with Gasteiger partial charge in [0.05, 0.1) is 5.56 Å². The highest BCUT2D eigenvalue weighted by Crippen LogP contribution is 2.56. The fourth-order valence-corrected chi connectivity index (χ4v) is 4.02. The molecule has 1 aromatic carbocycles. The average Bonchev–Trinajstić information content (AvgIpc) is 3.16. The number of hydrogen-bond donors (Lipinski definition) is 3. The lowest BCUT2D eigenvalue weighted by Crippen LogP contribution is -2.47. The molecule has 3 heterocycles. The molecule has 1 aromatic heterocycles. The van der Waals surface area contributed by atoms with Crippen molar-refractivity contribution in [3.05, 3.63) is 52.5 Å². The topological polar surface area (TPSA) is 145 Å². The molecule has 142 valence electrons. The van der Waals surface area contributed by atoms with Crippen molar-refractivity contribution >= 4 is 17.6 Å². The number of benzene rings is 1. The van der Waals surface area contributed by atoms with Crippen LogP contribution in [0.15, 0.2) is 35.7 Å². The molecule has 2 aliphatic rings. The zero-order valence-electron chi connectivity index (χ0n) is 15.2. The molecule has 4 rings (SSSR count). The first kappa shape index (κ1) is 17.6. The highest BCUT2D eigenvalue weighted by atomic mass is 16.5. The van der Waals surface area contributed by atoms with Crippen LogP contribution >= 0.6 is 0 Å². The van der Waals surface area contributed by atoms with Gasteiger partial charge in [0, 0.05) is 16.9 Å². The molecule has 1 amide bonds. The number of carboxylic acids is 1. The predicted molar refractivity (Wildman–Crippen MR) is 97.3 cm³/mol. The number of nitriles is 1. The van der Waals surface area contributed by atoms with Gasteiger partial charge < -0.3 is 15.6 Å². The number of aromatic nitrogens is 2. The number of carboxylic acid groups (broad SMARTS) is 1. The summed E-state index contributed by atoms with van der Waals surface area (Å²) in [5.74, 6) is -1.91. The van der Waals surface area contributed by atoms with Crippen LogP contribution in [0.25, 0.3) is 0 Å². The van der Waals surface area contributed by atoms with Crippen LogP contribution in [-0.2, 0) is 15.0 Å². The number of rotatable bonds is 3. The van der Waals surface area contributed by atoms with E-state index in [2.05, 4.69) is 10.2 Å². The summed E-state index contributed by atoms with van der Waals surface area (Å²) in [4.78, 5) is 26.3. The quantitative estimate of drug-likeness (QED) is 0.729. The van der Waals surface area contributed by atoms with Gasteiger partial charge in [0.25, 0.3) is 0 Å². The third-order valence-corrected chi connectivity index (χ3v) is 5.11. The Kier molecular flexibility index (Phi) is 3.68. The summed E-state index contributed by atoms with van der Waals surface area (Å²) in [6.07, 6.45) is 0. The Labute approximate surface area is 160 Å². The molecular weight excluding hydrogens is 362 g/mol. The Morgan fingerprint density at radius 2 is 2.18 bits per heavy atom. The van der Waals surface area contributed by atoms with Gasteiger partial charge in [-0.1, -0.05) is 32.0 Å². The lowest BCUT2D eigenvalue weighted by atomic mass is 9.68. The molecule has 1 atom stereocenters. The first-order chi connectivity index (χ1) is 13.3. The third kappa shape index (κ3) is 2.02. The van der Waals surface area contributed by atoms with Crippen LogP contribution in [0.5, 0.6) is 5.88 Å². The van der Waals surface area contributed by atoms with Crippen molar-refractivity contribution in [2.75, 3.05) is 11.4 Å². The number of nitrogens with one attached hydrogen (secondary N) is 1. The second-order valence-corrected chi connectivity index (χ2v) is 6.98. The smallest absolute Gasteiger partial charge is 0.323 e. The number of H-pyrrole nitrogens is 1. The van der Waals surface area contributed by atoms with E-state index in [-0.39, 0.29) is 23.3 Å². The number of aromatic amines is 1. The van der Waals surface area contributed by atoms with E-state index in [9.17, 15) is 20.0 Å². The highest BCUT2D eigenvalue weighted by molar-refractivity contribution is 6.15. The number of ether oxygens (including phenoxy) is 1. The maximum Gasteiger partial charge on any atom is 0.323 e. The van der Waals surface area contributed by atoms with Crippen molar-refractivity contribution in [2.45, 2.75) is 25.2 Å². The second kappa shape index (κ2) is 5.85. The van der Waals surface area contributed by atoms with E-state index in [4.69, 9.17) is 10.5 Å². The summed E-state index contributed by atoms with van der Waals surface area (Å²) in [7, 11) is 0. The first-order valence-electron chi connectivity index (χ1n) is 8.64. The van der Waals surface area contributed by atoms with Crippen LogP contribution in [0.3, 0.4) is 0 Å². The van der Waals surface area contributed by atoms with Crippen molar-refractivity contribution in [2.24, 2.45) is 5.73 Å². The van der Waals surface area contributed by atoms with E-state index in [1.165, 1.54) is 0 Å². The number of carbonyl (C=O) groups excluding carboxylic acids is 1. The maximum absolute atomic E-state index is 13.7. The Morgan fingerprint density at radius 1 is 1.46 bits per heavy atom. The van der Waals surface area contributed by atoms with Gasteiger partial charge in [0.15, 0.2) is 0 Å². The zero-order valence-corrected chi connectivity index (χ0v) is 15.2. The van der Waals surface area contributed by atoms with E-state index >= 15 is 0 Å². The predicted octanol–water partition coefficient (Wildman–Crippen LogP) is 1.34. The number of fused-ring (bicyclic) bond motifs is 4. The number of amides is 1. The number of nitrogens with zero attached hydrogens (tertiary/aromatic N) is 3.